The molecule has 5 heteroatoms. The van der Waals surface area contributed by atoms with Crippen LogP contribution in [0.5, 0.6) is 0 Å². The molecule has 0 heterocycles. The van der Waals surface area contributed by atoms with Gasteiger partial charge in [-0.3, -0.25) is 0 Å². The van der Waals surface area contributed by atoms with E-state index in [0.717, 1.165) is 0 Å². The molecule has 0 saturated heterocycles. The summed E-state index contributed by atoms with van der Waals surface area (Å²) in [6.07, 6.45) is 2.95. The van der Waals surface area contributed by atoms with Crippen molar-refractivity contribution in [3.8, 4) is 0 Å². The molecule has 4 nitrogen and oxygen atoms in total. The van der Waals surface area contributed by atoms with Crippen molar-refractivity contribution in [2.24, 2.45) is 0 Å². The summed E-state index contributed by atoms with van der Waals surface area (Å²) in [6.45, 7) is 3.80. The van der Waals surface area contributed by atoms with Gasteiger partial charge in [-0.25, -0.2) is 9.59 Å². The first-order valence-corrected chi connectivity index (χ1v) is 5.73. The molecule has 0 aliphatic carbocycles. The van der Waals surface area contributed by atoms with Gasteiger partial charge in [0.25, 0.3) is 0 Å². The predicted molar refractivity (Wildman–Crippen MR) is 64.5 cm³/mol. The van der Waals surface area contributed by atoms with Crippen LogP contribution in [0.2, 0.25) is 0 Å². The Labute approximate surface area is 102 Å². The molecule has 84 valence electrons. The highest BCUT2D eigenvalue weighted by Crippen LogP contribution is 2.03. The Morgan fingerprint density at radius 2 is 1.60 bits per heavy atom. The Balaban J connectivity index is 4.72. The molecule has 15 heavy (non-hydrogen) atoms. The second-order valence-corrected chi connectivity index (χ2v) is 3.06. The minimum atomic E-state index is -0.662. The summed E-state index contributed by atoms with van der Waals surface area (Å²) in [4.78, 5) is 22.7. The predicted octanol–water partition coefficient (Wildman–Crippen LogP) is 1.99. The van der Waals surface area contributed by atoms with Crippen LogP contribution >= 0.6 is 22.6 Å². The maximum absolute atomic E-state index is 11.3. The van der Waals surface area contributed by atoms with E-state index in [1.165, 1.54) is 6.08 Å². The van der Waals surface area contributed by atoms with E-state index in [9.17, 15) is 9.59 Å². The van der Waals surface area contributed by atoms with Crippen LogP contribution in [0.4, 0.5) is 0 Å². The first-order chi connectivity index (χ1) is 7.17. The third-order valence-corrected chi connectivity index (χ3v) is 1.74. The molecule has 0 fully saturated rings. The summed E-state index contributed by atoms with van der Waals surface area (Å²) in [5, 5.41) is 0. The van der Waals surface area contributed by atoms with Crippen molar-refractivity contribution in [3.63, 3.8) is 0 Å². The van der Waals surface area contributed by atoms with E-state index >= 15 is 0 Å². The lowest BCUT2D eigenvalue weighted by atomic mass is 10.2. The summed E-state index contributed by atoms with van der Waals surface area (Å²) in [5.41, 5.74) is -0.0911. The third kappa shape index (κ3) is 5.56. The van der Waals surface area contributed by atoms with Crippen LogP contribution in [0.25, 0.3) is 0 Å². The number of carbonyl (C=O) groups excluding carboxylic acids is 2. The minimum absolute atomic E-state index is 0.0911. The fourth-order valence-electron chi connectivity index (χ4n) is 0.770. The van der Waals surface area contributed by atoms with E-state index in [-0.39, 0.29) is 18.8 Å². The Bertz CT molecular complexity index is 261. The van der Waals surface area contributed by atoms with Crippen LogP contribution in [0.3, 0.4) is 0 Å². The van der Waals surface area contributed by atoms with Crippen LogP contribution in [0, 0.1) is 0 Å². The number of hydrogen-bond acceptors (Lipinski definition) is 4. The van der Waals surface area contributed by atoms with E-state index in [0.29, 0.717) is 0 Å². The van der Waals surface area contributed by atoms with Crippen LogP contribution in [-0.2, 0) is 19.1 Å². The molecule has 0 aromatic heterocycles. The van der Waals surface area contributed by atoms with Crippen molar-refractivity contribution >= 4 is 34.5 Å². The lowest BCUT2D eigenvalue weighted by molar-refractivity contribution is -0.146. The number of hydrogen-bond donors (Lipinski definition) is 0. The summed E-state index contributed by atoms with van der Waals surface area (Å²) < 4.78 is 11.1. The maximum Gasteiger partial charge on any atom is 0.345 e. The molecular formula is C10H13IO4. The summed E-state index contributed by atoms with van der Waals surface area (Å²) in [6, 6.07) is 0. The van der Waals surface area contributed by atoms with Gasteiger partial charge in [0.05, 0.1) is 13.2 Å². The molecule has 0 unspecified atom stereocenters. The van der Waals surface area contributed by atoms with Gasteiger partial charge in [0.2, 0.25) is 0 Å². The average molecular weight is 324 g/mol. The second-order valence-electron chi connectivity index (χ2n) is 2.34. The Kier molecular flexibility index (Phi) is 7.98. The lowest BCUT2D eigenvalue weighted by Crippen LogP contribution is -2.18. The number of carbonyl (C=O) groups is 2. The number of rotatable bonds is 5. The summed E-state index contributed by atoms with van der Waals surface area (Å²) in [7, 11) is 0. The largest absolute Gasteiger partial charge is 0.462 e. The van der Waals surface area contributed by atoms with Crippen molar-refractivity contribution in [2.45, 2.75) is 13.8 Å². The number of halogens is 1. The molecule has 0 N–H and O–H groups in total. The highest BCUT2D eigenvalue weighted by molar-refractivity contribution is 14.1. The molecule has 0 spiro atoms. The summed E-state index contributed by atoms with van der Waals surface area (Å²) in [5.74, 6) is -1.32. The Morgan fingerprint density at radius 3 is 1.93 bits per heavy atom. The zero-order chi connectivity index (χ0) is 11.7. The monoisotopic (exact) mass is 324 g/mol. The zero-order valence-electron chi connectivity index (χ0n) is 8.66. The van der Waals surface area contributed by atoms with Gasteiger partial charge in [-0.05, 0) is 24.0 Å². The van der Waals surface area contributed by atoms with E-state index in [4.69, 9.17) is 9.47 Å². The van der Waals surface area contributed by atoms with E-state index in [1.807, 2.05) is 22.6 Å². The van der Waals surface area contributed by atoms with Gasteiger partial charge in [-0.15, -0.1) is 0 Å². The topological polar surface area (TPSA) is 52.6 Å². The smallest absolute Gasteiger partial charge is 0.345 e. The van der Waals surface area contributed by atoms with E-state index in [1.54, 1.807) is 24.0 Å². The number of ether oxygens (including phenoxy) is 2. The molecule has 0 aliphatic heterocycles. The fourth-order valence-corrected chi connectivity index (χ4v) is 0.977. The van der Waals surface area contributed by atoms with Gasteiger partial charge >= 0.3 is 11.9 Å². The minimum Gasteiger partial charge on any atom is -0.462 e. The van der Waals surface area contributed by atoms with Crippen molar-refractivity contribution in [1.82, 2.24) is 0 Å². The molecule has 0 saturated carbocycles. The lowest BCUT2D eigenvalue weighted by Gasteiger charge is -2.05. The van der Waals surface area contributed by atoms with Gasteiger partial charge < -0.3 is 9.47 Å². The van der Waals surface area contributed by atoms with Crippen molar-refractivity contribution in [3.05, 3.63) is 21.8 Å². The second kappa shape index (κ2) is 8.46. The number of esters is 2. The van der Waals surface area contributed by atoms with Crippen molar-refractivity contribution in [2.75, 3.05) is 13.2 Å². The fraction of sp³-hybridized carbons (Fsp3) is 0.400. The van der Waals surface area contributed by atoms with Gasteiger partial charge in [0.1, 0.15) is 5.57 Å². The first kappa shape index (κ1) is 14.2. The van der Waals surface area contributed by atoms with Crippen molar-refractivity contribution in [1.29, 1.82) is 0 Å². The Morgan fingerprint density at radius 1 is 1.13 bits per heavy atom. The maximum atomic E-state index is 11.3. The van der Waals surface area contributed by atoms with E-state index in [2.05, 4.69) is 0 Å². The molecule has 0 atom stereocenters. The molecule has 0 rings (SSSR count). The number of allylic oxidation sites excluding steroid dienone is 2. The van der Waals surface area contributed by atoms with Gasteiger partial charge in [-0.1, -0.05) is 28.7 Å². The third-order valence-electron chi connectivity index (χ3n) is 1.33. The van der Waals surface area contributed by atoms with Gasteiger partial charge in [0.15, 0.2) is 0 Å². The molecule has 0 aromatic rings. The van der Waals surface area contributed by atoms with Crippen molar-refractivity contribution < 1.29 is 19.1 Å². The van der Waals surface area contributed by atoms with Crippen LogP contribution in [0.15, 0.2) is 21.8 Å². The molecule has 0 bridgehead atoms. The first-order valence-electron chi connectivity index (χ1n) is 4.48. The molecule has 0 aromatic carbocycles. The zero-order valence-corrected chi connectivity index (χ0v) is 10.8. The van der Waals surface area contributed by atoms with Crippen LogP contribution in [-0.4, -0.2) is 25.2 Å². The average Bonchev–Trinajstić information content (AvgIpc) is 2.19. The standard InChI is InChI=1S/C10H13IO4/c1-3-14-9(12)8(6-5-7-11)10(13)15-4-2/h5-7H,3-4H2,1-2H3/b7-5+. The molecule has 0 aliphatic rings. The quantitative estimate of drug-likeness (QED) is 0.194. The Hall–Kier alpha value is -0.850. The van der Waals surface area contributed by atoms with Gasteiger partial charge in [0, 0.05) is 0 Å². The SMILES string of the molecule is CCOC(=O)C(=C/C=C/I)C(=O)OCC. The molecule has 0 amide bonds. The van der Waals surface area contributed by atoms with Crippen LogP contribution in [0.1, 0.15) is 13.8 Å². The molecular weight excluding hydrogens is 311 g/mol. The normalized spacial score (nSPS) is 9.80. The van der Waals surface area contributed by atoms with Crippen LogP contribution < -0.4 is 0 Å². The van der Waals surface area contributed by atoms with E-state index < -0.39 is 11.9 Å². The highest BCUT2D eigenvalue weighted by atomic mass is 127. The molecule has 0 radical (unpaired) electrons. The highest BCUT2D eigenvalue weighted by Gasteiger charge is 2.19. The van der Waals surface area contributed by atoms with Gasteiger partial charge in [-0.2, -0.15) is 0 Å². The summed E-state index contributed by atoms with van der Waals surface area (Å²) >= 11 is 1.98.